The minimum absolute atomic E-state index is 0.0276. The van der Waals surface area contributed by atoms with E-state index in [1.54, 1.807) is 18.3 Å². The van der Waals surface area contributed by atoms with Gasteiger partial charge in [-0.2, -0.15) is 0 Å². The number of amides is 1. The standard InChI is InChI=1S/C28H23F3N4O5S/c29-28(30,31)39-21-11-5-17(6-12-21)16-35(26-24(18-7-8-18)23-4-2-1-3-20(23)15-32-26)41(37,38)22-13-9-19(10-14-22)25-33-27(36)40-34-25/h1-6,9-15,18,25,34H,7-8,16H2,(H,33,36). The number of hydrogen-bond donors (Lipinski definition) is 2. The highest BCUT2D eigenvalue weighted by atomic mass is 32.2. The number of carbonyl (C=O) groups is 1. The van der Waals surface area contributed by atoms with Crippen molar-refractivity contribution in [3.63, 3.8) is 0 Å². The summed E-state index contributed by atoms with van der Waals surface area (Å²) in [4.78, 5) is 20.6. The lowest BCUT2D eigenvalue weighted by molar-refractivity contribution is -0.274. The van der Waals surface area contributed by atoms with Crippen LogP contribution in [0.25, 0.3) is 10.8 Å². The third kappa shape index (κ3) is 5.63. The predicted molar refractivity (Wildman–Crippen MR) is 142 cm³/mol. The van der Waals surface area contributed by atoms with Crippen LogP contribution in [0.5, 0.6) is 5.75 Å². The molecule has 0 bridgehead atoms. The Kier molecular flexibility index (Phi) is 6.70. The molecule has 1 aromatic heterocycles. The van der Waals surface area contributed by atoms with Crippen LogP contribution >= 0.6 is 0 Å². The van der Waals surface area contributed by atoms with E-state index < -0.39 is 34.4 Å². The summed E-state index contributed by atoms with van der Waals surface area (Å²) in [5.74, 6) is -0.0161. The molecule has 2 aliphatic rings. The Labute approximate surface area is 232 Å². The molecule has 2 N–H and O–H groups in total. The van der Waals surface area contributed by atoms with E-state index in [-0.39, 0.29) is 23.2 Å². The molecule has 4 aromatic rings. The highest BCUT2D eigenvalue weighted by Gasteiger charge is 2.36. The first kappa shape index (κ1) is 26.8. The molecule has 1 saturated heterocycles. The maximum Gasteiger partial charge on any atom is 0.573 e. The summed E-state index contributed by atoms with van der Waals surface area (Å²) in [6.07, 6.45) is -2.75. The van der Waals surface area contributed by atoms with Gasteiger partial charge >= 0.3 is 12.5 Å². The van der Waals surface area contributed by atoms with Crippen LogP contribution in [0.2, 0.25) is 0 Å². The molecule has 3 aromatic carbocycles. The molecule has 41 heavy (non-hydrogen) atoms. The highest BCUT2D eigenvalue weighted by molar-refractivity contribution is 7.92. The van der Waals surface area contributed by atoms with Gasteiger partial charge in [-0.1, -0.05) is 48.5 Å². The number of ether oxygens (including phenoxy) is 1. The van der Waals surface area contributed by atoms with Crippen molar-refractivity contribution in [2.75, 3.05) is 4.31 Å². The number of halogens is 3. The van der Waals surface area contributed by atoms with Crippen molar-refractivity contribution in [1.29, 1.82) is 0 Å². The first-order chi connectivity index (χ1) is 19.6. The van der Waals surface area contributed by atoms with Gasteiger partial charge < -0.3 is 9.57 Å². The van der Waals surface area contributed by atoms with Crippen LogP contribution in [0.3, 0.4) is 0 Å². The van der Waals surface area contributed by atoms with E-state index in [9.17, 15) is 26.4 Å². The summed E-state index contributed by atoms with van der Waals surface area (Å²) in [6, 6.07) is 18.6. The number of carbonyl (C=O) groups excluding carboxylic acids is 1. The predicted octanol–water partition coefficient (Wildman–Crippen LogP) is 5.65. The second-order valence-corrected chi connectivity index (χ2v) is 11.6. The Morgan fingerprint density at radius 1 is 1.00 bits per heavy atom. The zero-order chi connectivity index (χ0) is 28.8. The number of rotatable bonds is 8. The zero-order valence-electron chi connectivity index (χ0n) is 21.3. The SMILES string of the molecule is O=C1NC(c2ccc(S(=O)(=O)N(Cc3ccc(OC(F)(F)F)cc3)c3ncc4ccccc4c3C3CC3)cc2)NO1. The number of hydrogen-bond acceptors (Lipinski definition) is 7. The lowest BCUT2D eigenvalue weighted by Gasteiger charge is -2.27. The van der Waals surface area contributed by atoms with E-state index in [1.165, 1.54) is 28.6 Å². The third-order valence-corrected chi connectivity index (χ3v) is 8.61. The van der Waals surface area contributed by atoms with Crippen molar-refractivity contribution >= 4 is 32.7 Å². The monoisotopic (exact) mass is 584 g/mol. The van der Waals surface area contributed by atoms with Gasteiger partial charge in [-0.15, -0.1) is 18.7 Å². The summed E-state index contributed by atoms with van der Waals surface area (Å²) in [5, 5.41) is 4.32. The van der Waals surface area contributed by atoms with Gasteiger partial charge in [0.1, 0.15) is 17.7 Å². The van der Waals surface area contributed by atoms with Gasteiger partial charge in [-0.25, -0.2) is 22.5 Å². The molecule has 1 aliphatic heterocycles. The summed E-state index contributed by atoms with van der Waals surface area (Å²) in [7, 11) is -4.22. The molecule has 6 rings (SSSR count). The van der Waals surface area contributed by atoms with Gasteiger partial charge in [0.25, 0.3) is 10.0 Å². The van der Waals surface area contributed by atoms with Crippen LogP contribution in [0, 0.1) is 0 Å². The van der Waals surface area contributed by atoms with Gasteiger partial charge in [0.15, 0.2) is 0 Å². The normalized spacial score (nSPS) is 17.2. The lowest BCUT2D eigenvalue weighted by atomic mass is 10.0. The Morgan fingerprint density at radius 2 is 1.71 bits per heavy atom. The van der Waals surface area contributed by atoms with E-state index in [0.717, 1.165) is 41.3 Å². The fourth-order valence-electron chi connectivity index (χ4n) is 4.78. The molecule has 13 heteroatoms. The minimum atomic E-state index is -4.85. The van der Waals surface area contributed by atoms with Gasteiger partial charge in [0.2, 0.25) is 0 Å². The molecule has 2 heterocycles. The van der Waals surface area contributed by atoms with E-state index in [0.29, 0.717) is 11.1 Å². The number of nitrogens with one attached hydrogen (secondary N) is 2. The summed E-state index contributed by atoms with van der Waals surface area (Å²) in [5.41, 5.74) is 4.34. The number of anilines is 1. The van der Waals surface area contributed by atoms with Gasteiger partial charge in [-0.05, 0) is 59.5 Å². The Balaban J connectivity index is 1.41. The molecular weight excluding hydrogens is 561 g/mol. The second kappa shape index (κ2) is 10.2. The van der Waals surface area contributed by atoms with Crippen LogP contribution < -0.4 is 19.8 Å². The van der Waals surface area contributed by atoms with Crippen LogP contribution in [0.4, 0.5) is 23.8 Å². The largest absolute Gasteiger partial charge is 0.573 e. The van der Waals surface area contributed by atoms with E-state index in [1.807, 2.05) is 24.3 Å². The van der Waals surface area contributed by atoms with Crippen molar-refractivity contribution in [3.05, 3.63) is 95.7 Å². The molecule has 212 valence electrons. The van der Waals surface area contributed by atoms with Crippen LogP contribution in [-0.4, -0.2) is 25.9 Å². The first-order valence-electron chi connectivity index (χ1n) is 12.7. The number of sulfonamides is 1. The lowest BCUT2D eigenvalue weighted by Crippen LogP contribution is -2.32. The van der Waals surface area contributed by atoms with E-state index in [2.05, 4.69) is 25.4 Å². The molecule has 1 saturated carbocycles. The van der Waals surface area contributed by atoms with Crippen molar-refractivity contribution in [1.82, 2.24) is 15.8 Å². The minimum Gasteiger partial charge on any atom is -0.406 e. The number of pyridine rings is 1. The number of hydroxylamine groups is 1. The van der Waals surface area contributed by atoms with Gasteiger partial charge in [0.05, 0.1) is 11.4 Å². The van der Waals surface area contributed by atoms with E-state index >= 15 is 0 Å². The van der Waals surface area contributed by atoms with Crippen LogP contribution in [0.15, 0.2) is 83.9 Å². The van der Waals surface area contributed by atoms with Crippen molar-refractivity contribution in [2.45, 2.75) is 42.7 Å². The molecular formula is C28H23F3N4O5S. The maximum absolute atomic E-state index is 14.2. The number of benzene rings is 3. The molecule has 0 radical (unpaired) electrons. The maximum atomic E-state index is 14.2. The Hall–Kier alpha value is -4.36. The van der Waals surface area contributed by atoms with Crippen LogP contribution in [-0.2, 0) is 21.4 Å². The number of fused-ring (bicyclic) bond motifs is 1. The Morgan fingerprint density at radius 3 is 2.34 bits per heavy atom. The number of alkyl halides is 3. The first-order valence-corrected chi connectivity index (χ1v) is 14.1. The molecule has 1 aliphatic carbocycles. The smallest absolute Gasteiger partial charge is 0.406 e. The summed E-state index contributed by atoms with van der Waals surface area (Å²) >= 11 is 0. The average molecular weight is 585 g/mol. The number of aromatic nitrogens is 1. The summed E-state index contributed by atoms with van der Waals surface area (Å²) in [6.45, 7) is -0.185. The fourth-order valence-corrected chi connectivity index (χ4v) is 6.21. The molecule has 1 unspecified atom stereocenters. The van der Waals surface area contributed by atoms with Crippen molar-refractivity contribution in [3.8, 4) is 5.75 Å². The molecule has 0 spiro atoms. The quantitative estimate of drug-likeness (QED) is 0.276. The zero-order valence-corrected chi connectivity index (χ0v) is 22.1. The highest BCUT2D eigenvalue weighted by Crippen LogP contribution is 2.48. The molecule has 9 nitrogen and oxygen atoms in total. The van der Waals surface area contributed by atoms with Gasteiger partial charge in [-0.3, -0.25) is 5.32 Å². The average Bonchev–Trinajstić information content (AvgIpc) is 3.70. The summed E-state index contributed by atoms with van der Waals surface area (Å²) < 4.78 is 71.6. The number of nitrogens with zero attached hydrogens (tertiary/aromatic N) is 2. The fraction of sp³-hybridized carbons (Fsp3) is 0.214. The molecule has 1 atom stereocenters. The van der Waals surface area contributed by atoms with Crippen molar-refractivity contribution in [2.24, 2.45) is 0 Å². The molecule has 2 fully saturated rings. The molecule has 1 amide bonds. The van der Waals surface area contributed by atoms with Crippen LogP contribution in [0.1, 0.15) is 41.6 Å². The van der Waals surface area contributed by atoms with Gasteiger partial charge in [0, 0.05) is 17.1 Å². The second-order valence-electron chi connectivity index (χ2n) is 9.71. The topological polar surface area (TPSA) is 110 Å². The Bertz CT molecular complexity index is 1710. The van der Waals surface area contributed by atoms with E-state index in [4.69, 9.17) is 0 Å². The third-order valence-electron chi connectivity index (χ3n) is 6.86. The van der Waals surface area contributed by atoms with Crippen molar-refractivity contribution < 1.29 is 36.0 Å².